The number of hydrogen-bond acceptors (Lipinski definition) is 8. The summed E-state index contributed by atoms with van der Waals surface area (Å²) in [5, 5.41) is 10.8. The van der Waals surface area contributed by atoms with E-state index in [9.17, 15) is 14.7 Å². The minimum absolute atomic E-state index is 0.191. The zero-order valence-corrected chi connectivity index (χ0v) is 30.5. The van der Waals surface area contributed by atoms with Crippen LogP contribution in [0, 0.1) is 12.3 Å². The fourth-order valence-corrected chi connectivity index (χ4v) is 6.70. The first-order chi connectivity index (χ1) is 23.2. The number of pyridine rings is 1. The van der Waals surface area contributed by atoms with Gasteiger partial charge in [0.1, 0.15) is 6.61 Å². The Morgan fingerprint density at radius 3 is 2.33 bits per heavy atom. The smallest absolute Gasteiger partial charge is 0.410 e. The monoisotopic (exact) mass is 671 g/mol. The van der Waals surface area contributed by atoms with Crippen molar-refractivity contribution in [2.75, 3.05) is 24.5 Å². The third kappa shape index (κ3) is 8.81. The maximum atomic E-state index is 13.8. The van der Waals surface area contributed by atoms with E-state index in [2.05, 4.69) is 30.9 Å². The molecule has 1 fully saturated rings. The Hall–Kier alpha value is -3.95. The SMILES string of the molecule is Cc1nc(CO)c(-c2ccc3c(c2)CCN(C(=O)OCc2ccccc2)C3)c(N2CCC(C)(C)CC2)c1[C@H](OC(C)(C)C)C(=O)OC(C)C. The Balaban J connectivity index is 1.57. The highest BCUT2D eigenvalue weighted by atomic mass is 16.6. The lowest BCUT2D eigenvalue weighted by Crippen LogP contribution is -2.40. The zero-order valence-electron chi connectivity index (χ0n) is 30.5. The van der Waals surface area contributed by atoms with Gasteiger partial charge < -0.3 is 29.1 Å². The first kappa shape index (κ1) is 36.3. The molecule has 2 aliphatic heterocycles. The standard InChI is InChI=1S/C40H53N3O6/c1-26(2)48-37(45)36(49-39(4,5)6)33-27(3)41-32(24-44)34(35(33)42-20-17-40(7,8)18-21-42)30-14-15-31-23-43(19-16-29(31)22-30)38(46)47-25-28-12-10-9-11-13-28/h9-15,22,26,36,44H,16-21,23-25H2,1-8H3/t36-/m0/s1. The second-order valence-electron chi connectivity index (χ2n) is 15.4. The average molecular weight is 672 g/mol. The van der Waals surface area contributed by atoms with Crippen molar-refractivity contribution in [3.63, 3.8) is 0 Å². The summed E-state index contributed by atoms with van der Waals surface area (Å²) in [6.07, 6.45) is 0.945. The molecule has 0 aliphatic carbocycles. The van der Waals surface area contributed by atoms with Crippen molar-refractivity contribution in [2.24, 2.45) is 5.41 Å². The minimum atomic E-state index is -1.01. The van der Waals surface area contributed by atoms with Crippen LogP contribution >= 0.6 is 0 Å². The molecule has 1 N–H and O–H groups in total. The second kappa shape index (κ2) is 14.9. The van der Waals surface area contributed by atoms with Crippen LogP contribution in [0.4, 0.5) is 10.5 Å². The molecule has 2 aromatic carbocycles. The van der Waals surface area contributed by atoms with Gasteiger partial charge in [0.05, 0.1) is 29.7 Å². The summed E-state index contributed by atoms with van der Waals surface area (Å²) in [6.45, 7) is 18.5. The molecule has 49 heavy (non-hydrogen) atoms. The summed E-state index contributed by atoms with van der Waals surface area (Å²) < 4.78 is 17.9. The number of fused-ring (bicyclic) bond motifs is 1. The number of ether oxygens (including phenoxy) is 3. The Bertz CT molecular complexity index is 1640. The molecular formula is C40H53N3O6. The number of benzene rings is 2. The van der Waals surface area contributed by atoms with Gasteiger partial charge in [0.25, 0.3) is 0 Å². The van der Waals surface area contributed by atoms with Crippen LogP contribution in [0.1, 0.15) is 101 Å². The van der Waals surface area contributed by atoms with Gasteiger partial charge in [-0.3, -0.25) is 4.98 Å². The van der Waals surface area contributed by atoms with Crippen molar-refractivity contribution in [2.45, 2.75) is 112 Å². The van der Waals surface area contributed by atoms with E-state index in [1.165, 1.54) is 0 Å². The lowest BCUT2D eigenvalue weighted by atomic mass is 9.81. The second-order valence-corrected chi connectivity index (χ2v) is 15.4. The van der Waals surface area contributed by atoms with Gasteiger partial charge in [0.15, 0.2) is 6.10 Å². The number of aliphatic hydroxyl groups excluding tert-OH is 1. The normalized spacial score (nSPS) is 16.7. The van der Waals surface area contributed by atoms with Crippen molar-refractivity contribution in [1.29, 1.82) is 0 Å². The molecule has 1 saturated heterocycles. The van der Waals surface area contributed by atoms with E-state index < -0.39 is 17.7 Å². The topological polar surface area (TPSA) is 101 Å². The highest BCUT2D eigenvalue weighted by molar-refractivity contribution is 5.89. The van der Waals surface area contributed by atoms with Gasteiger partial charge in [0, 0.05) is 43.0 Å². The molecule has 0 spiro atoms. The number of hydrogen-bond donors (Lipinski definition) is 1. The summed E-state index contributed by atoms with van der Waals surface area (Å²) in [4.78, 5) is 35.8. The first-order valence-corrected chi connectivity index (χ1v) is 17.5. The van der Waals surface area contributed by atoms with Crippen LogP contribution in [0.25, 0.3) is 11.1 Å². The Kier molecular flexibility index (Phi) is 11.0. The summed E-state index contributed by atoms with van der Waals surface area (Å²) in [5.74, 6) is -0.458. The number of aromatic nitrogens is 1. The van der Waals surface area contributed by atoms with Gasteiger partial charge >= 0.3 is 12.1 Å². The maximum Gasteiger partial charge on any atom is 0.410 e. The van der Waals surface area contributed by atoms with Crippen LogP contribution in [0.2, 0.25) is 0 Å². The molecule has 3 heterocycles. The van der Waals surface area contributed by atoms with Gasteiger partial charge in [-0.1, -0.05) is 62.4 Å². The number of anilines is 1. The number of rotatable bonds is 9. The Morgan fingerprint density at radius 1 is 1.00 bits per heavy atom. The molecule has 9 nitrogen and oxygen atoms in total. The van der Waals surface area contributed by atoms with Crippen molar-refractivity contribution in [1.82, 2.24) is 9.88 Å². The maximum absolute atomic E-state index is 13.8. The lowest BCUT2D eigenvalue weighted by molar-refractivity contribution is -0.171. The van der Waals surface area contributed by atoms with Gasteiger partial charge in [0.2, 0.25) is 0 Å². The van der Waals surface area contributed by atoms with Crippen molar-refractivity contribution in [3.8, 4) is 11.1 Å². The largest absolute Gasteiger partial charge is 0.461 e. The summed E-state index contributed by atoms with van der Waals surface area (Å²) in [7, 11) is 0. The molecule has 9 heteroatoms. The van der Waals surface area contributed by atoms with Crippen LogP contribution in [0.15, 0.2) is 48.5 Å². The average Bonchev–Trinajstić information content (AvgIpc) is 3.05. The highest BCUT2D eigenvalue weighted by Gasteiger charge is 2.38. The van der Waals surface area contributed by atoms with E-state index in [1.807, 2.05) is 77.9 Å². The predicted molar refractivity (Wildman–Crippen MR) is 191 cm³/mol. The van der Waals surface area contributed by atoms with Crippen molar-refractivity contribution >= 4 is 17.7 Å². The molecule has 5 rings (SSSR count). The number of aliphatic hydroxyl groups is 1. The van der Waals surface area contributed by atoms with Crippen LogP contribution in [-0.2, 0) is 45.2 Å². The Morgan fingerprint density at radius 2 is 1.69 bits per heavy atom. The molecule has 3 aromatic rings. The minimum Gasteiger partial charge on any atom is -0.461 e. The van der Waals surface area contributed by atoms with E-state index in [1.54, 1.807) is 4.90 Å². The summed E-state index contributed by atoms with van der Waals surface area (Å²) >= 11 is 0. The molecule has 0 unspecified atom stereocenters. The van der Waals surface area contributed by atoms with Gasteiger partial charge in [-0.2, -0.15) is 0 Å². The fourth-order valence-electron chi connectivity index (χ4n) is 6.70. The van der Waals surface area contributed by atoms with Crippen molar-refractivity contribution < 1.29 is 28.9 Å². The molecule has 0 bridgehead atoms. The molecule has 264 valence electrons. The van der Waals surface area contributed by atoms with E-state index >= 15 is 0 Å². The molecular weight excluding hydrogens is 618 g/mol. The third-order valence-electron chi connectivity index (χ3n) is 9.33. The van der Waals surface area contributed by atoms with Gasteiger partial charge in [-0.15, -0.1) is 0 Å². The quantitative estimate of drug-likeness (QED) is 0.231. The molecule has 0 saturated carbocycles. The molecule has 1 atom stereocenters. The van der Waals surface area contributed by atoms with Crippen LogP contribution in [0.5, 0.6) is 0 Å². The van der Waals surface area contributed by atoms with Crippen LogP contribution in [-0.4, -0.2) is 58.4 Å². The van der Waals surface area contributed by atoms with E-state index in [0.29, 0.717) is 36.5 Å². The number of amides is 1. The number of carbonyl (C=O) groups excluding carboxylic acids is 2. The summed E-state index contributed by atoms with van der Waals surface area (Å²) in [5.41, 5.74) is 7.10. The third-order valence-corrected chi connectivity index (χ3v) is 9.33. The zero-order chi connectivity index (χ0) is 35.5. The number of piperidine rings is 1. The molecule has 2 aliphatic rings. The predicted octanol–water partition coefficient (Wildman–Crippen LogP) is 7.68. The van der Waals surface area contributed by atoms with E-state index in [-0.39, 0.29) is 30.8 Å². The number of aryl methyl sites for hydroxylation is 1. The van der Waals surface area contributed by atoms with Crippen LogP contribution < -0.4 is 4.90 Å². The fraction of sp³-hybridized carbons (Fsp3) is 0.525. The molecule has 1 aromatic heterocycles. The van der Waals surface area contributed by atoms with E-state index in [0.717, 1.165) is 59.4 Å². The first-order valence-electron chi connectivity index (χ1n) is 17.5. The van der Waals surface area contributed by atoms with Gasteiger partial charge in [-0.25, -0.2) is 9.59 Å². The van der Waals surface area contributed by atoms with Crippen molar-refractivity contribution in [3.05, 3.63) is 82.2 Å². The summed E-state index contributed by atoms with van der Waals surface area (Å²) in [6, 6.07) is 15.9. The lowest BCUT2D eigenvalue weighted by Gasteiger charge is -2.41. The molecule has 0 radical (unpaired) electrons. The van der Waals surface area contributed by atoms with Crippen LogP contribution in [0.3, 0.4) is 0 Å². The Labute approximate surface area is 291 Å². The number of carbonyl (C=O) groups is 2. The van der Waals surface area contributed by atoms with Gasteiger partial charge in [-0.05, 0) is 88.5 Å². The highest BCUT2D eigenvalue weighted by Crippen LogP contribution is 2.46. The molecule has 1 amide bonds. The number of nitrogens with zero attached hydrogens (tertiary/aromatic N) is 3. The van der Waals surface area contributed by atoms with E-state index in [4.69, 9.17) is 19.2 Å². The number of esters is 1.